The van der Waals surface area contributed by atoms with Gasteiger partial charge in [-0.05, 0) is 19.3 Å². The Labute approximate surface area is 112 Å². The summed E-state index contributed by atoms with van der Waals surface area (Å²) in [6.07, 6.45) is 1.06. The lowest BCUT2D eigenvalue weighted by atomic mass is 10.1. The Hall–Kier alpha value is -0.760. The molecule has 0 spiro atoms. The van der Waals surface area contributed by atoms with Gasteiger partial charge in [0.05, 0.1) is 0 Å². The summed E-state index contributed by atoms with van der Waals surface area (Å²) in [6.45, 7) is -0.490. The largest absolute Gasteiger partial charge is 0.463 e. The predicted molar refractivity (Wildman–Crippen MR) is 62.6 cm³/mol. The first-order valence-corrected chi connectivity index (χ1v) is 6.17. The van der Waals surface area contributed by atoms with Crippen LogP contribution in [0, 0.1) is 5.92 Å². The highest BCUT2D eigenvalue weighted by Crippen LogP contribution is 2.33. The van der Waals surface area contributed by atoms with Gasteiger partial charge in [-0.3, -0.25) is 9.53 Å². The van der Waals surface area contributed by atoms with Crippen molar-refractivity contribution in [3.63, 3.8) is 0 Å². The van der Waals surface area contributed by atoms with Crippen LogP contribution in [0.4, 0.5) is 4.39 Å². The molecule has 0 radical (unpaired) electrons. The van der Waals surface area contributed by atoms with Crippen molar-refractivity contribution in [2.75, 3.05) is 21.0 Å². The Morgan fingerprint density at radius 1 is 1.37 bits per heavy atom. The monoisotopic (exact) mass is 280 g/mol. The van der Waals surface area contributed by atoms with Gasteiger partial charge in [0, 0.05) is 27.1 Å². The van der Waals surface area contributed by atoms with Crippen molar-refractivity contribution < 1.29 is 32.9 Å². The van der Waals surface area contributed by atoms with Crippen LogP contribution in [0.1, 0.15) is 26.2 Å². The molecule has 0 amide bonds. The number of halogens is 1. The average molecular weight is 280 g/mol. The molecule has 0 aromatic carbocycles. The van der Waals surface area contributed by atoms with E-state index in [0.29, 0.717) is 12.8 Å². The molecule has 0 N–H and O–H groups in total. The molecule has 1 fully saturated rings. The standard InChI is InChI=1S/C12H21FO6/c1-8(14)18-10-5-4-9(6-10)11(17-7-15-2)19-12(13)16-3/h9-12H,4-7H2,1-3H3/t9-,10-,11-,12-/m1/s1. The summed E-state index contributed by atoms with van der Waals surface area (Å²) in [7, 11) is 2.67. The van der Waals surface area contributed by atoms with Gasteiger partial charge in [0.2, 0.25) is 0 Å². The highest BCUT2D eigenvalue weighted by Gasteiger charge is 2.35. The van der Waals surface area contributed by atoms with Gasteiger partial charge in [-0.2, -0.15) is 4.39 Å². The molecule has 0 bridgehead atoms. The second-order valence-corrected chi connectivity index (χ2v) is 4.39. The molecular formula is C12H21FO6. The van der Waals surface area contributed by atoms with Crippen LogP contribution in [0.5, 0.6) is 0 Å². The molecule has 1 saturated carbocycles. The lowest BCUT2D eigenvalue weighted by Gasteiger charge is -2.24. The van der Waals surface area contributed by atoms with Gasteiger partial charge in [0.15, 0.2) is 6.29 Å². The van der Waals surface area contributed by atoms with Gasteiger partial charge >= 0.3 is 12.5 Å². The van der Waals surface area contributed by atoms with E-state index >= 15 is 0 Å². The third-order valence-corrected chi connectivity index (χ3v) is 2.92. The smallest absolute Gasteiger partial charge is 0.311 e. The minimum Gasteiger partial charge on any atom is -0.463 e. The number of carbonyl (C=O) groups excluding carboxylic acids is 1. The molecule has 0 aromatic rings. The van der Waals surface area contributed by atoms with Crippen molar-refractivity contribution in [2.45, 2.75) is 45.1 Å². The summed E-state index contributed by atoms with van der Waals surface area (Å²) in [5.74, 6) is -0.380. The highest BCUT2D eigenvalue weighted by atomic mass is 19.2. The van der Waals surface area contributed by atoms with E-state index < -0.39 is 12.8 Å². The molecule has 1 rings (SSSR count). The summed E-state index contributed by atoms with van der Waals surface area (Å²) < 4.78 is 37.7. The van der Waals surface area contributed by atoms with Crippen LogP contribution in [-0.2, 0) is 28.5 Å². The number of alkyl halides is 1. The summed E-state index contributed by atoms with van der Waals surface area (Å²) in [5, 5.41) is 0. The maximum absolute atomic E-state index is 13.1. The Bertz CT molecular complexity index is 275. The van der Waals surface area contributed by atoms with E-state index in [9.17, 15) is 9.18 Å². The van der Waals surface area contributed by atoms with E-state index in [-0.39, 0.29) is 24.8 Å². The van der Waals surface area contributed by atoms with Crippen LogP contribution in [0.3, 0.4) is 0 Å². The van der Waals surface area contributed by atoms with Crippen LogP contribution in [0.15, 0.2) is 0 Å². The number of ether oxygens (including phenoxy) is 5. The predicted octanol–water partition coefficient (Wildman–Crippen LogP) is 1.58. The summed E-state index contributed by atoms with van der Waals surface area (Å²) in [5.41, 5.74) is 0. The second-order valence-electron chi connectivity index (χ2n) is 4.39. The van der Waals surface area contributed by atoms with Crippen LogP contribution in [-0.4, -0.2) is 45.9 Å². The number of rotatable bonds is 8. The Balaban J connectivity index is 2.48. The van der Waals surface area contributed by atoms with Gasteiger partial charge in [-0.1, -0.05) is 0 Å². The van der Waals surface area contributed by atoms with Crippen LogP contribution in [0.25, 0.3) is 0 Å². The van der Waals surface area contributed by atoms with Crippen molar-refractivity contribution in [3.8, 4) is 0 Å². The van der Waals surface area contributed by atoms with Crippen LogP contribution >= 0.6 is 0 Å². The Morgan fingerprint density at radius 2 is 2.11 bits per heavy atom. The van der Waals surface area contributed by atoms with Gasteiger partial charge < -0.3 is 18.9 Å². The molecule has 0 aliphatic heterocycles. The fraction of sp³-hybridized carbons (Fsp3) is 0.917. The van der Waals surface area contributed by atoms with Gasteiger partial charge in [-0.15, -0.1) is 0 Å². The molecule has 0 aromatic heterocycles. The van der Waals surface area contributed by atoms with Crippen molar-refractivity contribution >= 4 is 5.97 Å². The Kier molecular flexibility index (Phi) is 7.22. The third-order valence-electron chi connectivity index (χ3n) is 2.92. The minimum atomic E-state index is -1.85. The third kappa shape index (κ3) is 5.82. The van der Waals surface area contributed by atoms with Crippen LogP contribution < -0.4 is 0 Å². The van der Waals surface area contributed by atoms with Crippen molar-refractivity contribution in [3.05, 3.63) is 0 Å². The number of methoxy groups -OCH3 is 2. The number of hydrogen-bond donors (Lipinski definition) is 0. The minimum absolute atomic E-state index is 0.00413. The molecule has 0 heterocycles. The molecule has 112 valence electrons. The zero-order valence-corrected chi connectivity index (χ0v) is 11.5. The molecule has 6 nitrogen and oxygen atoms in total. The number of hydrogen-bond acceptors (Lipinski definition) is 6. The lowest BCUT2D eigenvalue weighted by Crippen LogP contribution is -2.31. The number of esters is 1. The molecule has 7 heteroatoms. The number of carbonyl (C=O) groups is 1. The zero-order chi connectivity index (χ0) is 14.3. The molecule has 1 aliphatic carbocycles. The average Bonchev–Trinajstić information content (AvgIpc) is 2.81. The molecule has 4 atom stereocenters. The van der Waals surface area contributed by atoms with E-state index in [1.165, 1.54) is 21.1 Å². The first-order chi connectivity index (χ1) is 9.06. The van der Waals surface area contributed by atoms with Gasteiger partial charge in [0.25, 0.3) is 0 Å². The van der Waals surface area contributed by atoms with Gasteiger partial charge in [-0.25, -0.2) is 0 Å². The first-order valence-electron chi connectivity index (χ1n) is 6.17. The maximum atomic E-state index is 13.1. The molecule has 1 aliphatic rings. The molecule has 19 heavy (non-hydrogen) atoms. The van der Waals surface area contributed by atoms with E-state index in [4.69, 9.17) is 18.9 Å². The zero-order valence-electron chi connectivity index (χ0n) is 11.5. The quantitative estimate of drug-likeness (QED) is 0.497. The molecular weight excluding hydrogens is 259 g/mol. The first kappa shape index (κ1) is 16.3. The SMILES string of the molecule is COCO[C@H](O[C@H](F)OC)[C@@H]1CC[C@@H](OC(C)=O)C1. The van der Waals surface area contributed by atoms with Crippen molar-refractivity contribution in [1.29, 1.82) is 0 Å². The van der Waals surface area contributed by atoms with Crippen molar-refractivity contribution in [2.24, 2.45) is 5.92 Å². The summed E-state index contributed by atoms with van der Waals surface area (Å²) in [6, 6.07) is 0. The molecule has 0 unspecified atom stereocenters. The Morgan fingerprint density at radius 3 is 2.68 bits per heavy atom. The van der Waals surface area contributed by atoms with E-state index in [1.54, 1.807) is 0 Å². The summed E-state index contributed by atoms with van der Waals surface area (Å²) in [4.78, 5) is 10.9. The lowest BCUT2D eigenvalue weighted by molar-refractivity contribution is -0.311. The highest BCUT2D eigenvalue weighted by molar-refractivity contribution is 5.66. The van der Waals surface area contributed by atoms with E-state index in [0.717, 1.165) is 6.42 Å². The van der Waals surface area contributed by atoms with E-state index in [1.807, 2.05) is 0 Å². The van der Waals surface area contributed by atoms with Gasteiger partial charge in [0.1, 0.15) is 12.9 Å². The topological polar surface area (TPSA) is 63.2 Å². The maximum Gasteiger partial charge on any atom is 0.311 e. The fourth-order valence-electron chi connectivity index (χ4n) is 2.14. The molecule has 0 saturated heterocycles. The second kappa shape index (κ2) is 8.42. The normalized spacial score (nSPS) is 26.1. The summed E-state index contributed by atoms with van der Waals surface area (Å²) >= 11 is 0. The van der Waals surface area contributed by atoms with Crippen LogP contribution in [0.2, 0.25) is 0 Å². The van der Waals surface area contributed by atoms with Crippen molar-refractivity contribution in [1.82, 2.24) is 0 Å². The van der Waals surface area contributed by atoms with E-state index in [2.05, 4.69) is 4.74 Å². The fourth-order valence-corrected chi connectivity index (χ4v) is 2.14.